The van der Waals surface area contributed by atoms with Crippen molar-refractivity contribution in [2.75, 3.05) is 7.11 Å². The summed E-state index contributed by atoms with van der Waals surface area (Å²) in [7, 11) is 1.52. The molecule has 17 heavy (non-hydrogen) atoms. The number of hydrogen-bond acceptors (Lipinski definition) is 3. The van der Waals surface area contributed by atoms with Gasteiger partial charge in [-0.2, -0.15) is 0 Å². The van der Waals surface area contributed by atoms with Crippen LogP contribution in [0.4, 0.5) is 4.39 Å². The highest BCUT2D eigenvalue weighted by molar-refractivity contribution is 5.65. The molecule has 1 aliphatic rings. The quantitative estimate of drug-likeness (QED) is 0.817. The molecule has 1 saturated carbocycles. The lowest BCUT2D eigenvalue weighted by molar-refractivity contribution is 0.412. The summed E-state index contributed by atoms with van der Waals surface area (Å²) in [5, 5.41) is 7.88. The number of methoxy groups -OCH3 is 1. The van der Waals surface area contributed by atoms with Gasteiger partial charge in [0, 0.05) is 6.04 Å². The highest BCUT2D eigenvalue weighted by atomic mass is 19.1. The van der Waals surface area contributed by atoms with E-state index >= 15 is 0 Å². The van der Waals surface area contributed by atoms with Crippen molar-refractivity contribution in [2.45, 2.75) is 18.9 Å². The van der Waals surface area contributed by atoms with Crippen LogP contribution in [0.25, 0.3) is 11.4 Å². The van der Waals surface area contributed by atoms with Gasteiger partial charge in [0.25, 0.3) is 0 Å². The largest absolute Gasteiger partial charge is 0.496 e. The fourth-order valence-electron chi connectivity index (χ4n) is 1.93. The van der Waals surface area contributed by atoms with Gasteiger partial charge in [-0.05, 0) is 25.0 Å². The zero-order valence-electron chi connectivity index (χ0n) is 9.43. The summed E-state index contributed by atoms with van der Waals surface area (Å²) in [6.07, 6.45) is 3.85. The van der Waals surface area contributed by atoms with E-state index in [4.69, 9.17) is 4.74 Å². The first kappa shape index (κ1) is 10.3. The first-order chi connectivity index (χ1) is 8.31. The van der Waals surface area contributed by atoms with Gasteiger partial charge in [0.1, 0.15) is 17.9 Å². The highest BCUT2D eigenvalue weighted by Gasteiger charge is 2.28. The number of halogens is 1. The zero-order chi connectivity index (χ0) is 11.8. The molecule has 1 aromatic heterocycles. The lowest BCUT2D eigenvalue weighted by atomic mass is 10.1. The smallest absolute Gasteiger partial charge is 0.170 e. The Bertz CT molecular complexity index is 548. The molecule has 0 saturated heterocycles. The molecule has 2 aromatic rings. The minimum atomic E-state index is -0.334. The van der Waals surface area contributed by atoms with E-state index in [2.05, 4.69) is 10.2 Å². The fraction of sp³-hybridized carbons (Fsp3) is 0.333. The van der Waals surface area contributed by atoms with Crippen molar-refractivity contribution >= 4 is 0 Å². The van der Waals surface area contributed by atoms with Crippen LogP contribution in [-0.4, -0.2) is 21.9 Å². The molecule has 0 amide bonds. The summed E-state index contributed by atoms with van der Waals surface area (Å²) < 4.78 is 21.0. The molecule has 1 heterocycles. The molecule has 0 bridgehead atoms. The van der Waals surface area contributed by atoms with Gasteiger partial charge in [0.05, 0.1) is 12.7 Å². The summed E-state index contributed by atoms with van der Waals surface area (Å²) >= 11 is 0. The summed E-state index contributed by atoms with van der Waals surface area (Å²) in [5.74, 6) is 0.696. The van der Waals surface area contributed by atoms with Crippen molar-refractivity contribution in [2.24, 2.45) is 0 Å². The third-order valence-corrected chi connectivity index (χ3v) is 2.93. The molecule has 1 aliphatic carbocycles. The number of nitrogens with zero attached hydrogens (tertiary/aromatic N) is 3. The highest BCUT2D eigenvalue weighted by Crippen LogP contribution is 2.40. The van der Waals surface area contributed by atoms with E-state index in [0.717, 1.165) is 12.8 Å². The normalized spacial score (nSPS) is 14.9. The maximum absolute atomic E-state index is 13.9. The van der Waals surface area contributed by atoms with Crippen LogP contribution < -0.4 is 4.74 Å². The molecule has 1 aromatic carbocycles. The number of ether oxygens (including phenoxy) is 1. The third kappa shape index (κ3) is 1.67. The molecular weight excluding hydrogens is 221 g/mol. The minimum absolute atomic E-state index is 0.334. The van der Waals surface area contributed by atoms with Gasteiger partial charge in [-0.25, -0.2) is 4.39 Å². The summed E-state index contributed by atoms with van der Waals surface area (Å²) in [6, 6.07) is 5.16. The van der Waals surface area contributed by atoms with Gasteiger partial charge >= 0.3 is 0 Å². The third-order valence-electron chi connectivity index (χ3n) is 2.93. The predicted octanol–water partition coefficient (Wildman–Crippen LogP) is 2.43. The van der Waals surface area contributed by atoms with Crippen LogP contribution in [0, 0.1) is 5.82 Å². The number of aromatic nitrogens is 3. The van der Waals surface area contributed by atoms with Gasteiger partial charge in [-0.15, -0.1) is 10.2 Å². The second-order valence-corrected chi connectivity index (χ2v) is 4.11. The predicted molar refractivity (Wildman–Crippen MR) is 60.2 cm³/mol. The van der Waals surface area contributed by atoms with E-state index in [1.165, 1.54) is 13.2 Å². The second kappa shape index (κ2) is 3.84. The Hall–Kier alpha value is -1.91. The topological polar surface area (TPSA) is 39.9 Å². The molecule has 5 heteroatoms. The Morgan fingerprint density at radius 1 is 1.41 bits per heavy atom. The Morgan fingerprint density at radius 2 is 2.24 bits per heavy atom. The van der Waals surface area contributed by atoms with E-state index in [9.17, 15) is 4.39 Å². The van der Waals surface area contributed by atoms with Crippen LogP contribution in [0.2, 0.25) is 0 Å². The molecule has 0 aliphatic heterocycles. The standard InChI is InChI=1S/C12H12FN3O/c1-17-10-4-2-3-9(13)11(10)12-15-14-7-16(12)8-5-6-8/h2-4,7-8H,5-6H2,1H3. The van der Waals surface area contributed by atoms with Crippen LogP contribution in [0.3, 0.4) is 0 Å². The maximum atomic E-state index is 13.9. The average molecular weight is 233 g/mol. The summed E-state index contributed by atoms with van der Waals surface area (Å²) in [4.78, 5) is 0. The van der Waals surface area contributed by atoms with Crippen molar-refractivity contribution in [3.63, 3.8) is 0 Å². The molecule has 0 atom stereocenters. The van der Waals surface area contributed by atoms with E-state index in [1.54, 1.807) is 18.5 Å². The molecular formula is C12H12FN3O. The second-order valence-electron chi connectivity index (χ2n) is 4.11. The number of benzene rings is 1. The molecule has 0 unspecified atom stereocenters. The van der Waals surface area contributed by atoms with Gasteiger partial charge in [0.2, 0.25) is 0 Å². The van der Waals surface area contributed by atoms with E-state index in [1.807, 2.05) is 4.57 Å². The first-order valence-corrected chi connectivity index (χ1v) is 5.53. The van der Waals surface area contributed by atoms with Crippen molar-refractivity contribution in [1.82, 2.24) is 14.8 Å². The molecule has 1 fully saturated rings. The summed E-state index contributed by atoms with van der Waals surface area (Å²) in [6.45, 7) is 0. The van der Waals surface area contributed by atoms with E-state index < -0.39 is 0 Å². The summed E-state index contributed by atoms with van der Waals surface area (Å²) in [5.41, 5.74) is 0.388. The molecule has 0 spiro atoms. The van der Waals surface area contributed by atoms with Crippen molar-refractivity contribution in [3.05, 3.63) is 30.3 Å². The van der Waals surface area contributed by atoms with Crippen molar-refractivity contribution < 1.29 is 9.13 Å². The van der Waals surface area contributed by atoms with Gasteiger partial charge in [0.15, 0.2) is 5.82 Å². The number of hydrogen-bond donors (Lipinski definition) is 0. The first-order valence-electron chi connectivity index (χ1n) is 5.53. The molecule has 88 valence electrons. The minimum Gasteiger partial charge on any atom is -0.496 e. The zero-order valence-corrected chi connectivity index (χ0v) is 9.43. The Kier molecular flexibility index (Phi) is 2.31. The average Bonchev–Trinajstić information content (AvgIpc) is 3.08. The van der Waals surface area contributed by atoms with Crippen LogP contribution in [0.1, 0.15) is 18.9 Å². The lowest BCUT2D eigenvalue weighted by Gasteiger charge is -2.10. The Morgan fingerprint density at radius 3 is 2.94 bits per heavy atom. The molecule has 4 nitrogen and oxygen atoms in total. The number of rotatable bonds is 3. The molecule has 0 radical (unpaired) electrons. The SMILES string of the molecule is COc1cccc(F)c1-c1nncn1C1CC1. The molecule has 0 N–H and O–H groups in total. The Labute approximate surface area is 98.0 Å². The monoisotopic (exact) mass is 233 g/mol. The van der Waals surface area contributed by atoms with Crippen molar-refractivity contribution in [3.8, 4) is 17.1 Å². The van der Waals surface area contributed by atoms with Gasteiger partial charge in [-0.1, -0.05) is 6.07 Å². The van der Waals surface area contributed by atoms with Crippen LogP contribution in [0.15, 0.2) is 24.5 Å². The fourth-order valence-corrected chi connectivity index (χ4v) is 1.93. The van der Waals surface area contributed by atoms with E-state index in [-0.39, 0.29) is 5.82 Å². The lowest BCUT2D eigenvalue weighted by Crippen LogP contribution is -2.00. The van der Waals surface area contributed by atoms with Gasteiger partial charge in [-0.3, -0.25) is 0 Å². The van der Waals surface area contributed by atoms with E-state index in [0.29, 0.717) is 23.2 Å². The molecule has 3 rings (SSSR count). The maximum Gasteiger partial charge on any atom is 0.170 e. The van der Waals surface area contributed by atoms with Crippen LogP contribution in [0.5, 0.6) is 5.75 Å². The van der Waals surface area contributed by atoms with Crippen LogP contribution >= 0.6 is 0 Å². The van der Waals surface area contributed by atoms with Gasteiger partial charge < -0.3 is 9.30 Å². The Balaban J connectivity index is 2.16. The van der Waals surface area contributed by atoms with Crippen molar-refractivity contribution in [1.29, 1.82) is 0 Å². The van der Waals surface area contributed by atoms with Crippen LogP contribution in [-0.2, 0) is 0 Å².